The summed E-state index contributed by atoms with van der Waals surface area (Å²) in [5.74, 6) is 0. The van der Waals surface area contributed by atoms with Crippen molar-refractivity contribution < 1.29 is 52.3 Å². The second-order valence-electron chi connectivity index (χ2n) is 1.80. The topological polar surface area (TPSA) is 114 Å². The molecule has 0 saturated heterocycles. The maximum Gasteiger partial charge on any atom is 2.00 e. The Bertz CT molecular complexity index is 378. The largest absolute Gasteiger partial charge is 2.00 e. The third kappa shape index (κ3) is 12.9. The van der Waals surface area contributed by atoms with Crippen molar-refractivity contribution in [2.45, 2.75) is 11.0 Å². The van der Waals surface area contributed by atoms with Crippen molar-refractivity contribution in [3.63, 3.8) is 0 Å². The van der Waals surface area contributed by atoms with Gasteiger partial charge in [0, 0.05) is 0 Å². The molecule has 100 valence electrons. The van der Waals surface area contributed by atoms with Crippen LogP contribution in [0.5, 0.6) is 0 Å². The number of hydrogen-bond acceptors (Lipinski definition) is 6. The van der Waals surface area contributed by atoms with Crippen LogP contribution in [0.25, 0.3) is 0 Å². The van der Waals surface area contributed by atoms with E-state index in [1.165, 1.54) is 0 Å². The van der Waals surface area contributed by atoms with E-state index in [4.69, 9.17) is 25.9 Å². The Morgan fingerprint density at radius 2 is 0.667 bits per heavy atom. The second kappa shape index (κ2) is 9.04. The zero-order valence-corrected chi connectivity index (χ0v) is 14.0. The van der Waals surface area contributed by atoms with Crippen molar-refractivity contribution in [1.82, 2.24) is 0 Å². The molecule has 0 N–H and O–H groups in total. The van der Waals surface area contributed by atoms with Crippen molar-refractivity contribution >= 4 is 95.7 Å². The molecule has 0 atom stereocenters. The van der Waals surface area contributed by atoms with Crippen LogP contribution in [0, 0.1) is 0 Å². The Morgan fingerprint density at radius 3 is 0.667 bits per heavy atom. The smallest absolute Gasteiger partial charge is 0.741 e. The maximum atomic E-state index is 10.7. The van der Waals surface area contributed by atoms with Gasteiger partial charge in [-0.15, -0.1) is 0 Å². The van der Waals surface area contributed by atoms with Crippen LogP contribution < -0.4 is 0 Å². The predicted molar refractivity (Wildman–Crippen MR) is 43.0 cm³/mol. The molecule has 18 heavy (non-hydrogen) atoms. The molecule has 0 fully saturated rings. The van der Waals surface area contributed by atoms with Crippen LogP contribution >= 0.6 is 0 Å². The summed E-state index contributed by atoms with van der Waals surface area (Å²) < 4.78 is 118. The van der Waals surface area contributed by atoms with Gasteiger partial charge in [-0.3, -0.25) is 0 Å². The number of alkyl halides is 6. The minimum atomic E-state index is -6.09. The molecule has 0 bridgehead atoms. The van der Waals surface area contributed by atoms with Crippen LogP contribution in [0.2, 0.25) is 0 Å². The van der Waals surface area contributed by atoms with Crippen molar-refractivity contribution in [3.05, 3.63) is 0 Å². The predicted octanol–water partition coefficient (Wildman–Crippen LogP) is -0.659. The summed E-state index contributed by atoms with van der Waals surface area (Å²) in [6.45, 7) is 0. The summed E-state index contributed by atoms with van der Waals surface area (Å²) in [6.07, 6.45) is 0. The van der Waals surface area contributed by atoms with E-state index in [1.807, 2.05) is 0 Å². The molecular weight excluding hydrogens is 378 g/mol. The van der Waals surface area contributed by atoms with Gasteiger partial charge in [0.15, 0.2) is 20.2 Å². The van der Waals surface area contributed by atoms with Crippen LogP contribution in [0.1, 0.15) is 0 Å². The van der Waals surface area contributed by atoms with E-state index in [9.17, 15) is 26.3 Å². The number of rotatable bonds is 0. The maximum absolute atomic E-state index is 10.7. The minimum Gasteiger partial charge on any atom is -0.741 e. The number of hydrogen-bond donors (Lipinski definition) is 0. The van der Waals surface area contributed by atoms with Crippen molar-refractivity contribution in [2.75, 3.05) is 0 Å². The molecule has 0 spiro atoms. The first kappa shape index (κ1) is 28.1. The van der Waals surface area contributed by atoms with E-state index in [1.54, 1.807) is 0 Å². The standard InChI is InChI=1S/2CHF3O3S.2Ca/c2*2-1(3,4)8(5,6)7;;/h2*(H,5,6,7);;/q;;2*+2/p-2. The van der Waals surface area contributed by atoms with Gasteiger partial charge < -0.3 is 9.11 Å². The third-order valence-corrected chi connectivity index (χ3v) is 1.70. The normalized spacial score (nSPS) is 12.4. The first-order valence-corrected chi connectivity index (χ1v) is 5.36. The van der Waals surface area contributed by atoms with Gasteiger partial charge >= 0.3 is 86.5 Å². The van der Waals surface area contributed by atoms with Crippen LogP contribution in [0.4, 0.5) is 26.3 Å². The fourth-order valence-electron chi connectivity index (χ4n) is 0. The molecule has 0 aromatic heterocycles. The van der Waals surface area contributed by atoms with Crippen LogP contribution in [0.15, 0.2) is 0 Å². The van der Waals surface area contributed by atoms with Gasteiger partial charge in [0.05, 0.1) is 0 Å². The van der Waals surface area contributed by atoms with Gasteiger partial charge in [-0.2, -0.15) is 26.3 Å². The van der Waals surface area contributed by atoms with Gasteiger partial charge in [0.2, 0.25) is 0 Å². The molecule has 6 nitrogen and oxygen atoms in total. The second-order valence-corrected chi connectivity index (χ2v) is 4.54. The minimum absolute atomic E-state index is 0. The molecule has 0 rings (SSSR count). The Hall–Kier alpha value is 1.92. The molecule has 0 radical (unpaired) electrons. The summed E-state index contributed by atoms with van der Waals surface area (Å²) in [6, 6.07) is 0. The molecule has 0 heterocycles. The van der Waals surface area contributed by atoms with Gasteiger partial charge in [-0.1, -0.05) is 0 Å². The van der Waals surface area contributed by atoms with E-state index in [-0.39, 0.29) is 75.5 Å². The Kier molecular flexibility index (Phi) is 14.1. The molecule has 0 aromatic carbocycles. The molecule has 0 aromatic rings. The zero-order valence-electron chi connectivity index (χ0n) is 7.95. The van der Waals surface area contributed by atoms with Crippen LogP contribution in [-0.4, -0.2) is 112 Å². The summed E-state index contributed by atoms with van der Waals surface area (Å²) in [5.41, 5.74) is -11.3. The van der Waals surface area contributed by atoms with Gasteiger partial charge in [-0.25, -0.2) is 16.8 Å². The van der Waals surface area contributed by atoms with Gasteiger partial charge in [-0.05, 0) is 0 Å². The quantitative estimate of drug-likeness (QED) is 0.239. The molecule has 0 saturated carbocycles. The van der Waals surface area contributed by atoms with Crippen molar-refractivity contribution in [2.24, 2.45) is 0 Å². The van der Waals surface area contributed by atoms with E-state index in [0.717, 1.165) is 0 Å². The Morgan fingerprint density at radius 1 is 0.611 bits per heavy atom. The van der Waals surface area contributed by atoms with Crippen LogP contribution in [-0.2, 0) is 20.2 Å². The molecule has 0 aliphatic carbocycles. The fraction of sp³-hybridized carbons (Fsp3) is 1.00. The third-order valence-electron chi connectivity index (χ3n) is 0.567. The van der Waals surface area contributed by atoms with E-state index < -0.39 is 31.3 Å². The SMILES string of the molecule is O=S(=O)([O-])C(F)(F)F.O=S(=O)([O-])C(F)(F)F.[Ca+2].[Ca+2]. The van der Waals surface area contributed by atoms with E-state index in [2.05, 4.69) is 0 Å². The first-order chi connectivity index (χ1) is 6.50. The summed E-state index contributed by atoms with van der Waals surface area (Å²) >= 11 is 0. The van der Waals surface area contributed by atoms with E-state index in [0.29, 0.717) is 0 Å². The summed E-state index contributed by atoms with van der Waals surface area (Å²) in [4.78, 5) is 0. The van der Waals surface area contributed by atoms with Crippen LogP contribution in [0.3, 0.4) is 0 Å². The Balaban J connectivity index is -0.0000000980. The molecule has 0 amide bonds. The average Bonchev–Trinajstić information content (AvgIpc) is 1.77. The Labute approximate surface area is 157 Å². The zero-order chi connectivity index (χ0) is 14.0. The number of halogens is 6. The monoisotopic (exact) mass is 378 g/mol. The van der Waals surface area contributed by atoms with Crippen molar-refractivity contribution in [3.8, 4) is 0 Å². The molecular formula is C2Ca2F6O6S2+2. The first-order valence-electron chi connectivity index (χ1n) is 2.54. The molecule has 16 heteroatoms. The molecule has 0 unspecified atom stereocenters. The van der Waals surface area contributed by atoms with Crippen molar-refractivity contribution in [1.29, 1.82) is 0 Å². The molecule has 0 aliphatic heterocycles. The van der Waals surface area contributed by atoms with Gasteiger partial charge in [0.1, 0.15) is 0 Å². The van der Waals surface area contributed by atoms with E-state index >= 15 is 0 Å². The average molecular weight is 378 g/mol. The summed E-state index contributed by atoms with van der Waals surface area (Å²) in [5, 5.41) is 0. The fourth-order valence-corrected chi connectivity index (χ4v) is 0. The van der Waals surface area contributed by atoms with Gasteiger partial charge in [0.25, 0.3) is 0 Å². The molecule has 0 aliphatic rings. The summed E-state index contributed by atoms with van der Waals surface area (Å²) in [7, 11) is -12.2.